The Hall–Kier alpha value is -2.00. The molecule has 3 heteroatoms. The molecule has 0 amide bonds. The molecule has 1 atom stereocenters. The molecule has 2 N–H and O–H groups in total. The summed E-state index contributed by atoms with van der Waals surface area (Å²) >= 11 is 0. The number of hydrogen-bond donors (Lipinski definition) is 1. The van der Waals surface area contributed by atoms with E-state index in [0.29, 0.717) is 6.61 Å². The molecule has 0 spiro atoms. The predicted octanol–water partition coefficient (Wildman–Crippen LogP) is 3.64. The third-order valence-electron chi connectivity index (χ3n) is 3.47. The molecule has 21 heavy (non-hydrogen) atoms. The second-order valence-electron chi connectivity index (χ2n) is 5.28. The third-order valence-corrected chi connectivity index (χ3v) is 3.47. The van der Waals surface area contributed by atoms with E-state index in [1.54, 1.807) is 7.11 Å². The van der Waals surface area contributed by atoms with Crippen LogP contribution in [0.2, 0.25) is 0 Å². The van der Waals surface area contributed by atoms with E-state index in [9.17, 15) is 0 Å². The van der Waals surface area contributed by atoms with Crippen LogP contribution in [0.15, 0.2) is 42.5 Å². The van der Waals surface area contributed by atoms with Gasteiger partial charge in [-0.15, -0.1) is 0 Å². The van der Waals surface area contributed by atoms with Gasteiger partial charge in [0, 0.05) is 18.0 Å². The lowest BCUT2D eigenvalue weighted by Crippen LogP contribution is -2.09. The van der Waals surface area contributed by atoms with Gasteiger partial charge in [0.2, 0.25) is 0 Å². The summed E-state index contributed by atoms with van der Waals surface area (Å²) in [6.07, 6.45) is 0.857. The number of ether oxygens (including phenoxy) is 2. The Morgan fingerprint density at radius 2 is 1.81 bits per heavy atom. The molecule has 0 aliphatic heterocycles. The van der Waals surface area contributed by atoms with Crippen molar-refractivity contribution in [3.63, 3.8) is 0 Å². The summed E-state index contributed by atoms with van der Waals surface area (Å²) in [7, 11) is 1.67. The molecule has 2 rings (SSSR count). The Morgan fingerprint density at radius 1 is 1.10 bits per heavy atom. The van der Waals surface area contributed by atoms with Crippen LogP contribution in [0.5, 0.6) is 11.5 Å². The minimum absolute atomic E-state index is 0.0263. The maximum absolute atomic E-state index is 5.99. The van der Waals surface area contributed by atoms with Gasteiger partial charge in [0.15, 0.2) is 0 Å². The fourth-order valence-electron chi connectivity index (χ4n) is 2.21. The lowest BCUT2D eigenvalue weighted by Gasteiger charge is -2.15. The number of benzene rings is 2. The van der Waals surface area contributed by atoms with Crippen LogP contribution in [-0.2, 0) is 6.42 Å². The summed E-state index contributed by atoms with van der Waals surface area (Å²) < 4.78 is 11.1. The smallest absolute Gasteiger partial charge is 0.124 e. The first-order chi connectivity index (χ1) is 10.1. The zero-order valence-corrected chi connectivity index (χ0v) is 12.9. The van der Waals surface area contributed by atoms with Crippen molar-refractivity contribution in [2.24, 2.45) is 5.73 Å². The molecule has 2 aromatic rings. The molecular weight excluding hydrogens is 262 g/mol. The van der Waals surface area contributed by atoms with Gasteiger partial charge in [-0.25, -0.2) is 0 Å². The SMILES string of the molecule is COc1ccc(CCOc2cc(C)ccc2[C@@H](C)N)cc1. The summed E-state index contributed by atoms with van der Waals surface area (Å²) in [6, 6.07) is 14.2. The van der Waals surface area contributed by atoms with Gasteiger partial charge >= 0.3 is 0 Å². The van der Waals surface area contributed by atoms with Gasteiger partial charge in [0.1, 0.15) is 11.5 Å². The molecular formula is C18H23NO2. The van der Waals surface area contributed by atoms with E-state index in [1.165, 1.54) is 11.1 Å². The molecule has 0 radical (unpaired) electrons. The van der Waals surface area contributed by atoms with Gasteiger partial charge in [-0.05, 0) is 43.2 Å². The normalized spacial score (nSPS) is 12.0. The molecule has 0 saturated heterocycles. The van der Waals surface area contributed by atoms with Crippen molar-refractivity contribution in [1.82, 2.24) is 0 Å². The molecule has 0 saturated carbocycles. The highest BCUT2D eigenvalue weighted by Crippen LogP contribution is 2.25. The lowest BCUT2D eigenvalue weighted by molar-refractivity contribution is 0.317. The Labute approximate surface area is 126 Å². The summed E-state index contributed by atoms with van der Waals surface area (Å²) in [5.41, 5.74) is 9.44. The maximum Gasteiger partial charge on any atom is 0.124 e. The van der Waals surface area contributed by atoms with Crippen LogP contribution >= 0.6 is 0 Å². The molecule has 0 bridgehead atoms. The molecule has 3 nitrogen and oxygen atoms in total. The number of nitrogens with two attached hydrogens (primary N) is 1. The Morgan fingerprint density at radius 3 is 2.43 bits per heavy atom. The Bertz CT molecular complexity index is 576. The standard InChI is InChI=1S/C18H23NO2/c1-13-4-9-17(14(2)19)18(12-13)21-11-10-15-5-7-16(20-3)8-6-15/h4-9,12,14H,10-11,19H2,1-3H3/t14-/m1/s1. The highest BCUT2D eigenvalue weighted by atomic mass is 16.5. The van der Waals surface area contributed by atoms with E-state index in [1.807, 2.05) is 31.2 Å². The van der Waals surface area contributed by atoms with Crippen LogP contribution in [0.4, 0.5) is 0 Å². The van der Waals surface area contributed by atoms with Crippen molar-refractivity contribution in [3.8, 4) is 11.5 Å². The van der Waals surface area contributed by atoms with Crippen LogP contribution in [0.1, 0.15) is 29.7 Å². The van der Waals surface area contributed by atoms with Gasteiger partial charge in [-0.1, -0.05) is 24.3 Å². The zero-order valence-electron chi connectivity index (χ0n) is 12.9. The van der Waals surface area contributed by atoms with Crippen LogP contribution < -0.4 is 15.2 Å². The van der Waals surface area contributed by atoms with E-state index in [-0.39, 0.29) is 6.04 Å². The third kappa shape index (κ3) is 4.23. The van der Waals surface area contributed by atoms with Crippen LogP contribution in [0, 0.1) is 6.92 Å². The van der Waals surface area contributed by atoms with E-state index >= 15 is 0 Å². The summed E-state index contributed by atoms with van der Waals surface area (Å²) in [4.78, 5) is 0. The second-order valence-corrected chi connectivity index (χ2v) is 5.28. The minimum Gasteiger partial charge on any atom is -0.497 e. The van der Waals surface area contributed by atoms with Crippen molar-refractivity contribution in [3.05, 3.63) is 59.2 Å². The van der Waals surface area contributed by atoms with E-state index in [4.69, 9.17) is 15.2 Å². The van der Waals surface area contributed by atoms with Crippen LogP contribution in [-0.4, -0.2) is 13.7 Å². The first-order valence-corrected chi connectivity index (χ1v) is 7.22. The first-order valence-electron chi connectivity index (χ1n) is 7.22. The van der Waals surface area contributed by atoms with E-state index in [2.05, 4.69) is 25.1 Å². The van der Waals surface area contributed by atoms with Gasteiger partial charge in [0.25, 0.3) is 0 Å². The highest BCUT2D eigenvalue weighted by Gasteiger charge is 2.08. The maximum atomic E-state index is 5.99. The van der Waals surface area contributed by atoms with Crippen molar-refractivity contribution < 1.29 is 9.47 Å². The summed E-state index contributed by atoms with van der Waals surface area (Å²) in [5.74, 6) is 1.76. The van der Waals surface area contributed by atoms with Crippen molar-refractivity contribution in [2.75, 3.05) is 13.7 Å². The fourth-order valence-corrected chi connectivity index (χ4v) is 2.21. The Balaban J connectivity index is 1.97. The van der Waals surface area contributed by atoms with Gasteiger partial charge in [0.05, 0.1) is 13.7 Å². The molecule has 0 fully saturated rings. The number of hydrogen-bond acceptors (Lipinski definition) is 3. The molecule has 0 unspecified atom stereocenters. The average Bonchev–Trinajstić information content (AvgIpc) is 2.48. The van der Waals surface area contributed by atoms with E-state index < -0.39 is 0 Å². The highest BCUT2D eigenvalue weighted by molar-refractivity contribution is 5.39. The number of rotatable bonds is 6. The quantitative estimate of drug-likeness (QED) is 0.881. The zero-order chi connectivity index (χ0) is 15.2. The van der Waals surface area contributed by atoms with Gasteiger partial charge in [-0.3, -0.25) is 0 Å². The van der Waals surface area contributed by atoms with Crippen LogP contribution in [0.25, 0.3) is 0 Å². The second kappa shape index (κ2) is 7.14. The number of methoxy groups -OCH3 is 1. The number of aryl methyl sites for hydroxylation is 1. The monoisotopic (exact) mass is 285 g/mol. The van der Waals surface area contributed by atoms with Crippen molar-refractivity contribution in [1.29, 1.82) is 0 Å². The van der Waals surface area contributed by atoms with Gasteiger partial charge in [-0.2, -0.15) is 0 Å². The molecule has 0 heterocycles. The molecule has 0 aromatic heterocycles. The first kappa shape index (κ1) is 15.4. The predicted molar refractivity (Wildman–Crippen MR) is 86.0 cm³/mol. The van der Waals surface area contributed by atoms with Crippen molar-refractivity contribution in [2.45, 2.75) is 26.3 Å². The van der Waals surface area contributed by atoms with Crippen molar-refractivity contribution >= 4 is 0 Å². The Kier molecular flexibility index (Phi) is 5.23. The topological polar surface area (TPSA) is 44.5 Å². The van der Waals surface area contributed by atoms with Gasteiger partial charge < -0.3 is 15.2 Å². The largest absolute Gasteiger partial charge is 0.497 e. The molecule has 112 valence electrons. The fraction of sp³-hybridized carbons (Fsp3) is 0.333. The average molecular weight is 285 g/mol. The van der Waals surface area contributed by atoms with E-state index in [0.717, 1.165) is 23.5 Å². The summed E-state index contributed by atoms with van der Waals surface area (Å²) in [6.45, 7) is 4.66. The molecule has 2 aromatic carbocycles. The minimum atomic E-state index is -0.0263. The lowest BCUT2D eigenvalue weighted by atomic mass is 10.1. The van der Waals surface area contributed by atoms with Crippen LogP contribution in [0.3, 0.4) is 0 Å². The summed E-state index contributed by atoms with van der Waals surface area (Å²) in [5, 5.41) is 0. The molecule has 0 aliphatic carbocycles. The molecule has 0 aliphatic rings.